The normalized spacial score (nSPS) is 19.5. The zero-order chi connectivity index (χ0) is 22.1. The Kier molecular flexibility index (Phi) is 6.71. The lowest BCUT2D eigenvalue weighted by Crippen LogP contribution is -2.39. The van der Waals surface area contributed by atoms with Gasteiger partial charge in [-0.05, 0) is 49.9 Å². The molecule has 3 rings (SSSR count). The molecule has 0 bridgehead atoms. The molecule has 2 aromatic rings. The highest BCUT2D eigenvalue weighted by molar-refractivity contribution is 7.89. The van der Waals surface area contributed by atoms with Crippen LogP contribution in [-0.4, -0.2) is 31.6 Å². The van der Waals surface area contributed by atoms with Crippen molar-refractivity contribution in [1.29, 1.82) is 0 Å². The van der Waals surface area contributed by atoms with Gasteiger partial charge >= 0.3 is 0 Å². The van der Waals surface area contributed by atoms with E-state index in [4.69, 9.17) is 11.6 Å². The second-order valence-electron chi connectivity index (χ2n) is 6.97. The molecule has 0 aromatic heterocycles. The lowest BCUT2D eigenvalue weighted by molar-refractivity contribution is 0.102. The van der Waals surface area contributed by atoms with Gasteiger partial charge in [-0.3, -0.25) is 4.79 Å². The van der Waals surface area contributed by atoms with Crippen molar-refractivity contribution in [3.8, 4) is 0 Å². The Bertz CT molecular complexity index is 1070. The molecule has 3 N–H and O–H groups in total. The SMILES string of the molecule is O=C(Nc1ccc(F)c(F)c1)c1cc(S(=O)(=O)NC2CCC(O)CC2)c(F)cc1Cl. The lowest BCUT2D eigenvalue weighted by Gasteiger charge is -2.26. The standard InChI is InChI=1S/C19H18ClF3N2O4S/c20-14-9-17(23)18(30(28,29)25-10-1-4-12(26)5-2-10)8-13(14)19(27)24-11-3-6-15(21)16(22)7-11/h3,6-10,12,25-26H,1-2,4-5H2,(H,24,27). The fraction of sp³-hybridized carbons (Fsp3) is 0.316. The van der Waals surface area contributed by atoms with Gasteiger partial charge in [-0.1, -0.05) is 11.6 Å². The first-order valence-electron chi connectivity index (χ1n) is 9.02. The fourth-order valence-corrected chi connectivity index (χ4v) is 4.78. The summed E-state index contributed by atoms with van der Waals surface area (Å²) in [7, 11) is -4.32. The van der Waals surface area contributed by atoms with E-state index < -0.39 is 50.4 Å². The van der Waals surface area contributed by atoms with E-state index in [1.807, 2.05) is 0 Å². The number of sulfonamides is 1. The van der Waals surface area contributed by atoms with Gasteiger partial charge in [0, 0.05) is 17.8 Å². The second-order valence-corrected chi connectivity index (χ2v) is 9.06. The molecule has 11 heteroatoms. The van der Waals surface area contributed by atoms with Crippen molar-refractivity contribution in [1.82, 2.24) is 4.72 Å². The van der Waals surface area contributed by atoms with Crippen LogP contribution in [0.15, 0.2) is 35.2 Å². The number of amides is 1. The average molecular weight is 463 g/mol. The van der Waals surface area contributed by atoms with Gasteiger partial charge in [-0.2, -0.15) is 0 Å². The van der Waals surface area contributed by atoms with E-state index in [1.54, 1.807) is 0 Å². The van der Waals surface area contributed by atoms with Crippen molar-refractivity contribution >= 4 is 33.2 Å². The largest absolute Gasteiger partial charge is 0.393 e. The van der Waals surface area contributed by atoms with Crippen LogP contribution >= 0.6 is 11.6 Å². The first kappa shape index (κ1) is 22.5. The molecule has 1 saturated carbocycles. The predicted molar refractivity (Wildman–Crippen MR) is 104 cm³/mol. The summed E-state index contributed by atoms with van der Waals surface area (Å²) in [5, 5.41) is 11.4. The molecule has 0 radical (unpaired) electrons. The summed E-state index contributed by atoms with van der Waals surface area (Å²) in [6.07, 6.45) is 1.11. The number of hydrogen-bond acceptors (Lipinski definition) is 4. The number of hydrogen-bond donors (Lipinski definition) is 3. The first-order valence-corrected chi connectivity index (χ1v) is 10.9. The number of aliphatic hydroxyl groups excluding tert-OH is 1. The monoisotopic (exact) mass is 462 g/mol. The van der Waals surface area contributed by atoms with Gasteiger partial charge in [0.15, 0.2) is 11.6 Å². The van der Waals surface area contributed by atoms with Gasteiger partial charge in [-0.15, -0.1) is 0 Å². The highest BCUT2D eigenvalue weighted by Crippen LogP contribution is 2.27. The number of rotatable bonds is 5. The van der Waals surface area contributed by atoms with Crippen LogP contribution in [0.4, 0.5) is 18.9 Å². The zero-order valence-corrected chi connectivity index (χ0v) is 17.0. The van der Waals surface area contributed by atoms with Gasteiger partial charge in [0.2, 0.25) is 10.0 Å². The van der Waals surface area contributed by atoms with Crippen molar-refractivity contribution in [3.63, 3.8) is 0 Å². The van der Waals surface area contributed by atoms with Gasteiger partial charge in [0.05, 0.1) is 16.7 Å². The van der Waals surface area contributed by atoms with Crippen LogP contribution in [0.5, 0.6) is 0 Å². The van der Waals surface area contributed by atoms with Crippen molar-refractivity contribution in [2.75, 3.05) is 5.32 Å². The van der Waals surface area contributed by atoms with Gasteiger partial charge in [0.25, 0.3) is 5.91 Å². The number of aliphatic hydroxyl groups is 1. The van der Waals surface area contributed by atoms with E-state index in [2.05, 4.69) is 10.0 Å². The number of anilines is 1. The Morgan fingerprint density at radius 3 is 2.30 bits per heavy atom. The molecular formula is C19H18ClF3N2O4S. The van der Waals surface area contributed by atoms with Gasteiger partial charge in [-0.25, -0.2) is 26.3 Å². The maximum absolute atomic E-state index is 14.4. The Morgan fingerprint density at radius 1 is 1.00 bits per heavy atom. The van der Waals surface area contributed by atoms with E-state index >= 15 is 0 Å². The second kappa shape index (κ2) is 8.93. The molecule has 0 unspecified atom stereocenters. The van der Waals surface area contributed by atoms with Crippen molar-refractivity contribution < 1.29 is 31.5 Å². The third-order valence-corrected chi connectivity index (χ3v) is 6.60. The Morgan fingerprint density at radius 2 is 1.67 bits per heavy atom. The number of nitrogens with one attached hydrogen (secondary N) is 2. The Labute approximate surface area is 176 Å². The molecule has 1 aliphatic carbocycles. The quantitative estimate of drug-likeness (QED) is 0.632. The summed E-state index contributed by atoms with van der Waals surface area (Å²) in [6.45, 7) is 0. The highest BCUT2D eigenvalue weighted by Gasteiger charge is 2.28. The van der Waals surface area contributed by atoms with Crippen molar-refractivity contribution in [3.05, 3.63) is 58.4 Å². The van der Waals surface area contributed by atoms with E-state index in [-0.39, 0.29) is 16.3 Å². The predicted octanol–water partition coefficient (Wildman–Crippen LogP) is 3.59. The molecule has 162 valence electrons. The highest BCUT2D eigenvalue weighted by atomic mass is 35.5. The third kappa shape index (κ3) is 5.12. The molecule has 0 atom stereocenters. The average Bonchev–Trinajstić information content (AvgIpc) is 2.66. The fourth-order valence-electron chi connectivity index (χ4n) is 3.16. The van der Waals surface area contributed by atoms with Gasteiger partial charge < -0.3 is 10.4 Å². The Balaban J connectivity index is 1.85. The number of benzene rings is 2. The molecule has 0 aliphatic heterocycles. The molecular weight excluding hydrogens is 445 g/mol. The van der Waals surface area contributed by atoms with Crippen molar-refractivity contribution in [2.45, 2.75) is 42.7 Å². The van der Waals surface area contributed by atoms with Crippen LogP contribution in [-0.2, 0) is 10.0 Å². The molecule has 2 aromatic carbocycles. The Hall–Kier alpha value is -2.14. The summed E-state index contributed by atoms with van der Waals surface area (Å²) in [6, 6.07) is 3.64. The van der Waals surface area contributed by atoms with E-state index in [9.17, 15) is 31.5 Å². The minimum Gasteiger partial charge on any atom is -0.393 e. The topological polar surface area (TPSA) is 95.5 Å². The molecule has 1 fully saturated rings. The molecule has 6 nitrogen and oxygen atoms in total. The molecule has 1 aliphatic rings. The number of carbonyl (C=O) groups excluding carboxylic acids is 1. The maximum atomic E-state index is 14.4. The van der Waals surface area contributed by atoms with Crippen LogP contribution in [0.3, 0.4) is 0 Å². The maximum Gasteiger partial charge on any atom is 0.257 e. The summed E-state index contributed by atoms with van der Waals surface area (Å²) in [4.78, 5) is 11.7. The molecule has 30 heavy (non-hydrogen) atoms. The minimum absolute atomic E-state index is 0.0948. The summed E-state index contributed by atoms with van der Waals surface area (Å²) in [5.41, 5.74) is -0.454. The van der Waals surface area contributed by atoms with Crippen LogP contribution in [0, 0.1) is 17.5 Å². The number of carbonyl (C=O) groups is 1. The van der Waals surface area contributed by atoms with Crippen molar-refractivity contribution in [2.24, 2.45) is 0 Å². The molecule has 0 spiro atoms. The van der Waals surface area contributed by atoms with Crippen LogP contribution in [0.25, 0.3) is 0 Å². The molecule has 1 amide bonds. The molecule has 0 heterocycles. The summed E-state index contributed by atoms with van der Waals surface area (Å²) < 4.78 is 68.4. The smallest absolute Gasteiger partial charge is 0.257 e. The summed E-state index contributed by atoms with van der Waals surface area (Å²) in [5.74, 6) is -4.37. The number of halogens is 4. The van der Waals surface area contributed by atoms with E-state index in [0.717, 1.165) is 24.3 Å². The summed E-state index contributed by atoms with van der Waals surface area (Å²) >= 11 is 5.90. The van der Waals surface area contributed by atoms with Gasteiger partial charge in [0.1, 0.15) is 10.7 Å². The molecule has 0 saturated heterocycles. The third-order valence-electron chi connectivity index (χ3n) is 4.75. The lowest BCUT2D eigenvalue weighted by atomic mass is 9.94. The minimum atomic E-state index is -4.32. The zero-order valence-electron chi connectivity index (χ0n) is 15.5. The van der Waals surface area contributed by atoms with E-state index in [0.29, 0.717) is 31.7 Å². The van der Waals surface area contributed by atoms with Crippen LogP contribution in [0.2, 0.25) is 5.02 Å². The van der Waals surface area contributed by atoms with E-state index in [1.165, 1.54) is 0 Å². The first-order chi connectivity index (χ1) is 14.1. The van der Waals surface area contributed by atoms with Crippen LogP contribution < -0.4 is 10.0 Å². The van der Waals surface area contributed by atoms with Crippen LogP contribution in [0.1, 0.15) is 36.0 Å².